The predicted octanol–water partition coefficient (Wildman–Crippen LogP) is 2.91. The van der Waals surface area contributed by atoms with Gasteiger partial charge in [-0.2, -0.15) is 11.8 Å². The highest BCUT2D eigenvalue weighted by Crippen LogP contribution is 2.20. The molecule has 1 fully saturated rings. The van der Waals surface area contributed by atoms with Crippen molar-refractivity contribution < 1.29 is 14.6 Å². The van der Waals surface area contributed by atoms with E-state index in [0.29, 0.717) is 12.5 Å². The number of carboxylic acids is 1. The molecular formula is C15H29NO3S. The number of unbranched alkanes of at least 4 members (excludes halogenated alkanes) is 1. The van der Waals surface area contributed by atoms with E-state index < -0.39 is 11.5 Å². The van der Waals surface area contributed by atoms with Crippen LogP contribution in [0.2, 0.25) is 0 Å². The van der Waals surface area contributed by atoms with E-state index in [4.69, 9.17) is 4.74 Å². The Morgan fingerprint density at radius 2 is 2.30 bits per heavy atom. The molecule has 0 aromatic rings. The average Bonchev–Trinajstić information content (AvgIpc) is 2.93. The van der Waals surface area contributed by atoms with Crippen LogP contribution in [-0.4, -0.2) is 47.4 Å². The number of nitrogens with one attached hydrogen (secondary N) is 1. The number of aliphatic carboxylic acids is 1. The first-order valence-electron chi connectivity index (χ1n) is 7.76. The van der Waals surface area contributed by atoms with Crippen LogP contribution in [0.3, 0.4) is 0 Å². The van der Waals surface area contributed by atoms with Crippen molar-refractivity contribution >= 4 is 17.7 Å². The van der Waals surface area contributed by atoms with Crippen LogP contribution in [0.1, 0.15) is 52.4 Å². The van der Waals surface area contributed by atoms with E-state index in [1.54, 1.807) is 6.92 Å². The van der Waals surface area contributed by atoms with Gasteiger partial charge >= 0.3 is 5.97 Å². The number of hydrogen-bond donors (Lipinski definition) is 2. The van der Waals surface area contributed by atoms with E-state index in [1.807, 2.05) is 11.8 Å². The quantitative estimate of drug-likeness (QED) is 0.575. The van der Waals surface area contributed by atoms with Crippen LogP contribution >= 0.6 is 11.8 Å². The van der Waals surface area contributed by atoms with Crippen LogP contribution in [0, 0.1) is 0 Å². The first-order chi connectivity index (χ1) is 9.58. The first kappa shape index (κ1) is 17.8. The number of carbonyl (C=O) groups is 1. The second-order valence-electron chi connectivity index (χ2n) is 5.73. The number of carboxylic acid groups (broad SMARTS) is 1. The molecule has 0 bridgehead atoms. The molecule has 0 saturated carbocycles. The highest BCUT2D eigenvalue weighted by Gasteiger charge is 2.31. The van der Waals surface area contributed by atoms with Crippen LogP contribution in [0.5, 0.6) is 0 Å². The molecule has 0 amide bonds. The molecule has 0 aromatic carbocycles. The summed E-state index contributed by atoms with van der Waals surface area (Å²) in [6.45, 7) is 5.53. The summed E-state index contributed by atoms with van der Waals surface area (Å²) in [5.74, 6) is 1.45. The Hall–Kier alpha value is -0.260. The summed E-state index contributed by atoms with van der Waals surface area (Å²) < 4.78 is 5.58. The third-order valence-electron chi connectivity index (χ3n) is 3.78. The topological polar surface area (TPSA) is 58.6 Å². The van der Waals surface area contributed by atoms with Crippen LogP contribution in [0.25, 0.3) is 0 Å². The molecule has 2 unspecified atom stereocenters. The first-order valence-corrected chi connectivity index (χ1v) is 8.91. The molecule has 5 heteroatoms. The van der Waals surface area contributed by atoms with Crippen molar-refractivity contribution in [2.75, 3.05) is 24.7 Å². The van der Waals surface area contributed by atoms with E-state index in [0.717, 1.165) is 43.9 Å². The summed E-state index contributed by atoms with van der Waals surface area (Å²) in [6, 6.07) is 0. The highest BCUT2D eigenvalue weighted by molar-refractivity contribution is 7.99. The molecule has 1 saturated heterocycles. The number of rotatable bonds is 11. The van der Waals surface area contributed by atoms with Crippen molar-refractivity contribution in [1.29, 1.82) is 0 Å². The maximum absolute atomic E-state index is 11.3. The smallest absolute Gasteiger partial charge is 0.323 e. The van der Waals surface area contributed by atoms with E-state index in [9.17, 15) is 9.90 Å². The Bertz CT molecular complexity index is 282. The normalized spacial score (nSPS) is 21.8. The molecule has 2 atom stereocenters. The van der Waals surface area contributed by atoms with Crippen LogP contribution in [0.15, 0.2) is 0 Å². The fourth-order valence-corrected chi connectivity index (χ4v) is 3.45. The molecule has 4 nitrogen and oxygen atoms in total. The van der Waals surface area contributed by atoms with Gasteiger partial charge in [0.25, 0.3) is 0 Å². The Labute approximate surface area is 127 Å². The molecule has 0 radical (unpaired) electrons. The Kier molecular flexibility index (Phi) is 8.57. The van der Waals surface area contributed by atoms with Gasteiger partial charge in [0, 0.05) is 12.4 Å². The van der Waals surface area contributed by atoms with Gasteiger partial charge in [0.15, 0.2) is 0 Å². The summed E-state index contributed by atoms with van der Waals surface area (Å²) >= 11 is 1.93. The minimum Gasteiger partial charge on any atom is -0.480 e. The maximum Gasteiger partial charge on any atom is 0.323 e. The second kappa shape index (κ2) is 9.64. The van der Waals surface area contributed by atoms with E-state index >= 15 is 0 Å². The molecule has 20 heavy (non-hydrogen) atoms. The van der Waals surface area contributed by atoms with E-state index in [-0.39, 0.29) is 0 Å². The van der Waals surface area contributed by atoms with Gasteiger partial charge in [0.05, 0.1) is 6.10 Å². The van der Waals surface area contributed by atoms with Crippen molar-refractivity contribution in [2.24, 2.45) is 0 Å². The van der Waals surface area contributed by atoms with Crippen molar-refractivity contribution in [3.63, 3.8) is 0 Å². The lowest BCUT2D eigenvalue weighted by atomic mass is 9.95. The zero-order valence-electron chi connectivity index (χ0n) is 12.8. The van der Waals surface area contributed by atoms with Gasteiger partial charge in [-0.3, -0.25) is 4.79 Å². The van der Waals surface area contributed by atoms with Gasteiger partial charge < -0.3 is 15.2 Å². The molecular weight excluding hydrogens is 274 g/mol. The van der Waals surface area contributed by atoms with Gasteiger partial charge in [-0.1, -0.05) is 13.3 Å². The van der Waals surface area contributed by atoms with E-state index in [1.165, 1.54) is 12.8 Å². The van der Waals surface area contributed by atoms with Gasteiger partial charge in [0.1, 0.15) is 5.54 Å². The SMILES string of the molecule is CCCNC(C)(CCCCSCC1CCCO1)C(=O)O. The molecule has 0 spiro atoms. The predicted molar refractivity (Wildman–Crippen MR) is 84.5 cm³/mol. The minimum absolute atomic E-state index is 0.454. The van der Waals surface area contributed by atoms with Crippen LogP contribution < -0.4 is 5.32 Å². The molecule has 118 valence electrons. The van der Waals surface area contributed by atoms with Gasteiger partial charge in [-0.05, 0) is 51.3 Å². The van der Waals surface area contributed by atoms with Crippen molar-refractivity contribution in [1.82, 2.24) is 5.32 Å². The third kappa shape index (κ3) is 6.46. The molecule has 2 N–H and O–H groups in total. The molecule has 1 rings (SSSR count). The standard InChI is InChI=1S/C15H29NO3S/c1-3-9-16-15(2,14(17)18)8-4-5-11-20-12-13-7-6-10-19-13/h13,16H,3-12H2,1-2H3,(H,17,18). The van der Waals surface area contributed by atoms with Crippen molar-refractivity contribution in [3.8, 4) is 0 Å². The zero-order valence-corrected chi connectivity index (χ0v) is 13.6. The van der Waals surface area contributed by atoms with Crippen molar-refractivity contribution in [2.45, 2.75) is 64.0 Å². The monoisotopic (exact) mass is 303 g/mol. The lowest BCUT2D eigenvalue weighted by Crippen LogP contribution is -2.49. The fraction of sp³-hybridized carbons (Fsp3) is 0.933. The molecule has 1 aliphatic heterocycles. The highest BCUT2D eigenvalue weighted by atomic mass is 32.2. The van der Waals surface area contributed by atoms with Crippen LogP contribution in [-0.2, 0) is 9.53 Å². The number of thioether (sulfide) groups is 1. The largest absolute Gasteiger partial charge is 0.480 e. The Balaban J connectivity index is 2.09. The molecule has 1 heterocycles. The summed E-state index contributed by atoms with van der Waals surface area (Å²) in [5, 5.41) is 12.5. The Morgan fingerprint density at radius 3 is 2.90 bits per heavy atom. The molecule has 1 aliphatic rings. The molecule has 0 aromatic heterocycles. The lowest BCUT2D eigenvalue weighted by Gasteiger charge is -2.26. The van der Waals surface area contributed by atoms with Crippen molar-refractivity contribution in [3.05, 3.63) is 0 Å². The summed E-state index contributed by atoms with van der Waals surface area (Å²) in [5.41, 5.74) is -0.769. The summed E-state index contributed by atoms with van der Waals surface area (Å²) in [6.07, 6.45) is 6.54. The number of ether oxygens (including phenoxy) is 1. The van der Waals surface area contributed by atoms with Gasteiger partial charge in [0.2, 0.25) is 0 Å². The van der Waals surface area contributed by atoms with Crippen LogP contribution in [0.4, 0.5) is 0 Å². The maximum atomic E-state index is 11.3. The third-order valence-corrected chi connectivity index (χ3v) is 4.97. The Morgan fingerprint density at radius 1 is 1.50 bits per heavy atom. The molecule has 0 aliphatic carbocycles. The average molecular weight is 303 g/mol. The summed E-state index contributed by atoms with van der Waals surface area (Å²) in [7, 11) is 0. The lowest BCUT2D eigenvalue weighted by molar-refractivity contribution is -0.144. The zero-order chi connectivity index (χ0) is 14.8. The van der Waals surface area contributed by atoms with Gasteiger partial charge in [-0.15, -0.1) is 0 Å². The fourth-order valence-electron chi connectivity index (χ4n) is 2.35. The number of hydrogen-bond acceptors (Lipinski definition) is 4. The minimum atomic E-state index is -0.769. The second-order valence-corrected chi connectivity index (χ2v) is 6.88. The van der Waals surface area contributed by atoms with E-state index in [2.05, 4.69) is 12.2 Å². The summed E-state index contributed by atoms with van der Waals surface area (Å²) in [4.78, 5) is 11.3. The van der Waals surface area contributed by atoms with Gasteiger partial charge in [-0.25, -0.2) is 0 Å².